The lowest BCUT2D eigenvalue weighted by atomic mass is 10.1. The molecule has 1 aliphatic rings. The third-order valence-electron chi connectivity index (χ3n) is 5.15. The van der Waals surface area contributed by atoms with E-state index in [2.05, 4.69) is 28.6 Å². The number of amides is 1. The van der Waals surface area contributed by atoms with Crippen molar-refractivity contribution < 1.29 is 9.53 Å². The molecule has 1 aromatic heterocycles. The summed E-state index contributed by atoms with van der Waals surface area (Å²) in [5.41, 5.74) is 1.00. The van der Waals surface area contributed by atoms with Gasteiger partial charge in [0.15, 0.2) is 11.0 Å². The molecule has 6 nitrogen and oxygen atoms in total. The molecule has 7 heteroatoms. The van der Waals surface area contributed by atoms with Crippen molar-refractivity contribution >= 4 is 17.7 Å². The van der Waals surface area contributed by atoms with Gasteiger partial charge < -0.3 is 14.2 Å². The first kappa shape index (κ1) is 21.7. The molecule has 0 radical (unpaired) electrons. The van der Waals surface area contributed by atoms with E-state index in [0.717, 1.165) is 54.8 Å². The van der Waals surface area contributed by atoms with Crippen molar-refractivity contribution in [2.75, 3.05) is 26.0 Å². The van der Waals surface area contributed by atoms with Gasteiger partial charge in [-0.1, -0.05) is 44.9 Å². The van der Waals surface area contributed by atoms with E-state index in [1.807, 2.05) is 29.2 Å². The van der Waals surface area contributed by atoms with Crippen molar-refractivity contribution in [1.29, 1.82) is 0 Å². The summed E-state index contributed by atoms with van der Waals surface area (Å²) < 4.78 is 7.39. The molecule has 2 heterocycles. The topological polar surface area (TPSA) is 60.3 Å². The van der Waals surface area contributed by atoms with Crippen LogP contribution in [-0.2, 0) is 11.3 Å². The zero-order chi connectivity index (χ0) is 20.6. The molecular weight excluding hydrogens is 384 g/mol. The van der Waals surface area contributed by atoms with E-state index in [1.165, 1.54) is 31.0 Å². The van der Waals surface area contributed by atoms with Crippen LogP contribution in [0.3, 0.4) is 0 Å². The number of ether oxygens (including phenoxy) is 1. The predicted molar refractivity (Wildman–Crippen MR) is 117 cm³/mol. The highest BCUT2D eigenvalue weighted by Gasteiger charge is 2.19. The first-order valence-corrected chi connectivity index (χ1v) is 11.5. The molecule has 0 saturated carbocycles. The maximum absolute atomic E-state index is 12.8. The smallest absolute Gasteiger partial charge is 0.233 e. The molecule has 29 heavy (non-hydrogen) atoms. The Morgan fingerprint density at radius 1 is 1.07 bits per heavy atom. The molecule has 158 valence electrons. The zero-order valence-electron chi connectivity index (χ0n) is 17.8. The van der Waals surface area contributed by atoms with Gasteiger partial charge in [0, 0.05) is 25.2 Å². The number of hydrogen-bond donors (Lipinski definition) is 0. The Morgan fingerprint density at radius 2 is 1.72 bits per heavy atom. The monoisotopic (exact) mass is 416 g/mol. The fraction of sp³-hybridized carbons (Fsp3) is 0.591. The Hall–Kier alpha value is -2.02. The Labute approximate surface area is 178 Å². The van der Waals surface area contributed by atoms with Gasteiger partial charge in [-0.2, -0.15) is 0 Å². The van der Waals surface area contributed by atoms with Crippen LogP contribution >= 0.6 is 11.8 Å². The van der Waals surface area contributed by atoms with E-state index < -0.39 is 0 Å². The van der Waals surface area contributed by atoms with E-state index in [-0.39, 0.29) is 5.91 Å². The number of benzene rings is 1. The van der Waals surface area contributed by atoms with Crippen molar-refractivity contribution in [3.8, 4) is 17.1 Å². The van der Waals surface area contributed by atoms with Gasteiger partial charge in [-0.05, 0) is 43.0 Å². The summed E-state index contributed by atoms with van der Waals surface area (Å²) in [7, 11) is 1.66. The molecule has 2 aromatic rings. The maximum atomic E-state index is 12.8. The van der Waals surface area contributed by atoms with Gasteiger partial charge in [0.05, 0.1) is 12.9 Å². The second-order valence-electron chi connectivity index (χ2n) is 7.98. The number of nitrogens with zero attached hydrogens (tertiary/aromatic N) is 4. The van der Waals surface area contributed by atoms with Crippen molar-refractivity contribution in [2.45, 2.75) is 57.7 Å². The molecule has 1 amide bonds. The predicted octanol–water partition coefficient (Wildman–Crippen LogP) is 4.49. The highest BCUT2D eigenvalue weighted by molar-refractivity contribution is 7.99. The van der Waals surface area contributed by atoms with Crippen molar-refractivity contribution in [3.05, 3.63) is 24.3 Å². The van der Waals surface area contributed by atoms with Crippen LogP contribution in [0.15, 0.2) is 29.4 Å². The molecule has 0 N–H and O–H groups in total. The summed E-state index contributed by atoms with van der Waals surface area (Å²) in [6.45, 7) is 6.94. The van der Waals surface area contributed by atoms with Crippen molar-refractivity contribution in [2.24, 2.45) is 5.92 Å². The first-order valence-electron chi connectivity index (χ1n) is 10.6. The molecule has 1 aromatic carbocycles. The highest BCUT2D eigenvalue weighted by Crippen LogP contribution is 2.27. The largest absolute Gasteiger partial charge is 0.497 e. The fourth-order valence-electron chi connectivity index (χ4n) is 3.59. The van der Waals surface area contributed by atoms with Crippen LogP contribution in [0.1, 0.15) is 46.0 Å². The summed E-state index contributed by atoms with van der Waals surface area (Å²) >= 11 is 1.50. The lowest BCUT2D eigenvalue weighted by Crippen LogP contribution is -2.35. The number of aromatic nitrogens is 3. The van der Waals surface area contributed by atoms with Crippen LogP contribution in [0.2, 0.25) is 0 Å². The Balaban J connectivity index is 1.72. The molecule has 3 rings (SSSR count). The minimum absolute atomic E-state index is 0.210. The highest BCUT2D eigenvalue weighted by atomic mass is 32.2. The normalized spacial score (nSPS) is 15.2. The minimum atomic E-state index is 0.210. The quantitative estimate of drug-likeness (QED) is 0.622. The van der Waals surface area contributed by atoms with Gasteiger partial charge in [0.25, 0.3) is 0 Å². The van der Waals surface area contributed by atoms with Gasteiger partial charge in [0.2, 0.25) is 5.91 Å². The van der Waals surface area contributed by atoms with Gasteiger partial charge in [-0.15, -0.1) is 10.2 Å². The van der Waals surface area contributed by atoms with Gasteiger partial charge in [-0.3, -0.25) is 4.79 Å². The van der Waals surface area contributed by atoms with Crippen LogP contribution in [-0.4, -0.2) is 51.5 Å². The number of likely N-dealkylation sites (tertiary alicyclic amines) is 1. The van der Waals surface area contributed by atoms with Crippen LogP contribution < -0.4 is 4.74 Å². The van der Waals surface area contributed by atoms with E-state index in [4.69, 9.17) is 4.74 Å². The lowest BCUT2D eigenvalue weighted by molar-refractivity contribution is -0.128. The number of hydrogen-bond acceptors (Lipinski definition) is 5. The summed E-state index contributed by atoms with van der Waals surface area (Å²) in [5, 5.41) is 9.66. The Bertz CT molecular complexity index is 781. The Morgan fingerprint density at radius 3 is 2.34 bits per heavy atom. The number of carbonyl (C=O) groups is 1. The van der Waals surface area contributed by atoms with Gasteiger partial charge in [0.1, 0.15) is 5.75 Å². The summed E-state index contributed by atoms with van der Waals surface area (Å²) in [6.07, 6.45) is 5.97. The van der Waals surface area contributed by atoms with Crippen LogP contribution in [0.4, 0.5) is 0 Å². The third kappa shape index (κ3) is 5.98. The number of thioether (sulfide) groups is 1. The summed E-state index contributed by atoms with van der Waals surface area (Å²) in [5.74, 6) is 2.73. The second kappa shape index (κ2) is 10.7. The van der Waals surface area contributed by atoms with E-state index in [1.54, 1.807) is 7.11 Å². The van der Waals surface area contributed by atoms with Crippen molar-refractivity contribution in [3.63, 3.8) is 0 Å². The molecule has 1 fully saturated rings. The van der Waals surface area contributed by atoms with Crippen molar-refractivity contribution in [1.82, 2.24) is 19.7 Å². The zero-order valence-corrected chi connectivity index (χ0v) is 18.6. The standard InChI is InChI=1S/C22H32N4O2S/c1-17(2)15-26-21(18-9-11-19(28-3)12-10-18)23-24-22(26)29-16-20(27)25-13-7-5-4-6-8-14-25/h9-12,17H,4-8,13-16H2,1-3H3. The molecule has 0 bridgehead atoms. The summed E-state index contributed by atoms with van der Waals surface area (Å²) in [6, 6.07) is 7.86. The molecule has 0 aliphatic carbocycles. The lowest BCUT2D eigenvalue weighted by Gasteiger charge is -2.24. The molecule has 0 unspecified atom stereocenters. The van der Waals surface area contributed by atoms with Crippen LogP contribution in [0.25, 0.3) is 11.4 Å². The van der Waals surface area contributed by atoms with Gasteiger partial charge in [-0.25, -0.2) is 0 Å². The second-order valence-corrected chi connectivity index (χ2v) is 8.92. The average molecular weight is 417 g/mol. The average Bonchev–Trinajstić information content (AvgIpc) is 3.07. The molecule has 1 aliphatic heterocycles. The number of carbonyl (C=O) groups excluding carboxylic acids is 1. The molecule has 0 spiro atoms. The number of methoxy groups -OCH3 is 1. The SMILES string of the molecule is COc1ccc(-c2nnc(SCC(=O)N3CCCCCCC3)n2CC(C)C)cc1. The number of rotatable bonds is 7. The van der Waals surface area contributed by atoms with E-state index in [0.29, 0.717) is 11.7 Å². The maximum Gasteiger partial charge on any atom is 0.233 e. The molecule has 0 atom stereocenters. The molecule has 1 saturated heterocycles. The van der Waals surface area contributed by atoms with Crippen LogP contribution in [0.5, 0.6) is 5.75 Å². The first-order chi connectivity index (χ1) is 14.1. The van der Waals surface area contributed by atoms with E-state index >= 15 is 0 Å². The fourth-order valence-corrected chi connectivity index (χ4v) is 4.44. The van der Waals surface area contributed by atoms with E-state index in [9.17, 15) is 4.79 Å². The van der Waals surface area contributed by atoms with Gasteiger partial charge >= 0.3 is 0 Å². The molecular formula is C22H32N4O2S. The summed E-state index contributed by atoms with van der Waals surface area (Å²) in [4.78, 5) is 14.8. The Kier molecular flexibility index (Phi) is 7.98. The third-order valence-corrected chi connectivity index (χ3v) is 6.10. The van der Waals surface area contributed by atoms with Crippen LogP contribution in [0, 0.1) is 5.92 Å². The minimum Gasteiger partial charge on any atom is -0.497 e.